The molecule has 0 saturated carbocycles. The van der Waals surface area contributed by atoms with Gasteiger partial charge in [0, 0.05) is 0 Å². The van der Waals surface area contributed by atoms with Crippen LogP contribution in [0.25, 0.3) is 6.20 Å². The second-order valence-electron chi connectivity index (χ2n) is 2.71. The van der Waals surface area contributed by atoms with Gasteiger partial charge in [0.2, 0.25) is 0 Å². The van der Waals surface area contributed by atoms with E-state index in [0.717, 1.165) is 6.54 Å². The van der Waals surface area contributed by atoms with Gasteiger partial charge in [-0.05, 0) is 6.42 Å². The Morgan fingerprint density at radius 3 is 2.92 bits per heavy atom. The molecular weight excluding hydrogens is 230 g/mol. The molecule has 0 atom stereocenters. The zero-order chi connectivity index (χ0) is 8.81. The van der Waals surface area contributed by atoms with Gasteiger partial charge < -0.3 is 17.0 Å². The minimum Gasteiger partial charge on any atom is -1.00 e. The fourth-order valence-corrected chi connectivity index (χ4v) is 0.956. The van der Waals surface area contributed by atoms with Crippen LogP contribution in [0.1, 0.15) is 19.8 Å². The summed E-state index contributed by atoms with van der Waals surface area (Å²) in [5.41, 5.74) is 3.25. The molecule has 0 spiro atoms. The summed E-state index contributed by atoms with van der Waals surface area (Å²) in [5, 5.41) is 0. The predicted molar refractivity (Wildman–Crippen MR) is 50.1 cm³/mol. The number of nitrogens with zero attached hydrogens (tertiary/aromatic N) is 2. The molecule has 1 aromatic rings. The molecule has 0 radical (unpaired) electrons. The van der Waals surface area contributed by atoms with Crippen molar-refractivity contribution in [1.82, 2.24) is 4.68 Å². The summed E-state index contributed by atoms with van der Waals surface area (Å²) in [7, 11) is 0. The van der Waals surface area contributed by atoms with Crippen LogP contribution in [0.2, 0.25) is 0 Å². The zero-order valence-electron chi connectivity index (χ0n) is 7.91. The van der Waals surface area contributed by atoms with Gasteiger partial charge in [-0.1, -0.05) is 19.9 Å². The Morgan fingerprint density at radius 2 is 2.38 bits per heavy atom. The number of imidazole rings is 1. The van der Waals surface area contributed by atoms with E-state index < -0.39 is 0 Å². The summed E-state index contributed by atoms with van der Waals surface area (Å²) in [6, 6.07) is 0. The van der Waals surface area contributed by atoms with Gasteiger partial charge >= 0.3 is 0 Å². The van der Waals surface area contributed by atoms with Gasteiger partial charge in [0.25, 0.3) is 6.33 Å². The molecule has 0 saturated heterocycles. The van der Waals surface area contributed by atoms with Crippen molar-refractivity contribution in [1.29, 1.82) is 0 Å². The molecule has 4 heteroatoms. The average Bonchev–Trinajstić information content (AvgIpc) is 2.53. The Morgan fingerprint density at radius 1 is 1.62 bits per heavy atom. The number of nitrogens with one attached hydrogen (secondary N) is 1. The summed E-state index contributed by atoms with van der Waals surface area (Å²) in [4.78, 5) is 0. The highest BCUT2D eigenvalue weighted by atomic mass is 79.9. The smallest absolute Gasteiger partial charge is 0.271 e. The maximum Gasteiger partial charge on any atom is 0.271 e. The summed E-state index contributed by atoms with van der Waals surface area (Å²) in [6.07, 6.45) is 10.0. The fraction of sp³-hybridized carbons (Fsp3) is 0.444. The van der Waals surface area contributed by atoms with Crippen LogP contribution in [0.15, 0.2) is 25.3 Å². The maximum atomic E-state index is 3.66. The summed E-state index contributed by atoms with van der Waals surface area (Å²) in [6.45, 7) is 6.86. The fourth-order valence-electron chi connectivity index (χ4n) is 0.956. The second-order valence-corrected chi connectivity index (χ2v) is 2.71. The average molecular weight is 246 g/mol. The van der Waals surface area contributed by atoms with E-state index in [-0.39, 0.29) is 17.0 Å². The van der Waals surface area contributed by atoms with Crippen molar-refractivity contribution >= 4 is 6.20 Å². The molecular formula is C9H16BrN3. The molecule has 1 aromatic heterocycles. The molecule has 0 unspecified atom stereocenters. The van der Waals surface area contributed by atoms with Gasteiger partial charge in [-0.3, -0.25) is 5.43 Å². The topological polar surface area (TPSA) is 20.8 Å². The van der Waals surface area contributed by atoms with Crippen molar-refractivity contribution in [3.05, 3.63) is 25.3 Å². The Kier molecular flexibility index (Phi) is 6.32. The van der Waals surface area contributed by atoms with Crippen molar-refractivity contribution in [2.75, 3.05) is 12.0 Å². The number of rotatable bonds is 5. The molecule has 0 aliphatic heterocycles. The Bertz CT molecular complexity index is 245. The van der Waals surface area contributed by atoms with Crippen LogP contribution < -0.4 is 27.0 Å². The van der Waals surface area contributed by atoms with Crippen LogP contribution in [0, 0.1) is 0 Å². The number of halogens is 1. The van der Waals surface area contributed by atoms with E-state index in [1.54, 1.807) is 6.20 Å². The highest BCUT2D eigenvalue weighted by molar-refractivity contribution is 4.95. The Balaban J connectivity index is 0.00000144. The summed E-state index contributed by atoms with van der Waals surface area (Å²) >= 11 is 0. The number of aromatic nitrogens is 2. The third kappa shape index (κ3) is 4.12. The lowest BCUT2D eigenvalue weighted by atomic mass is 10.3. The van der Waals surface area contributed by atoms with Crippen molar-refractivity contribution in [2.24, 2.45) is 0 Å². The normalized spacial score (nSPS) is 9.00. The van der Waals surface area contributed by atoms with Crippen LogP contribution in [0.3, 0.4) is 0 Å². The van der Waals surface area contributed by atoms with E-state index in [9.17, 15) is 0 Å². The van der Waals surface area contributed by atoms with Crippen LogP contribution in [-0.4, -0.2) is 11.2 Å². The molecule has 3 nitrogen and oxygen atoms in total. The van der Waals surface area contributed by atoms with Gasteiger partial charge in [-0.25, -0.2) is 4.57 Å². The predicted octanol–water partition coefficient (Wildman–Crippen LogP) is -1.78. The van der Waals surface area contributed by atoms with Crippen LogP contribution in [0.5, 0.6) is 0 Å². The van der Waals surface area contributed by atoms with Crippen molar-refractivity contribution < 1.29 is 21.5 Å². The lowest BCUT2D eigenvalue weighted by molar-refractivity contribution is -0.567. The van der Waals surface area contributed by atoms with Gasteiger partial charge in [0.15, 0.2) is 6.20 Å². The van der Waals surface area contributed by atoms with Crippen molar-refractivity contribution in [2.45, 2.75) is 19.8 Å². The molecule has 0 aliphatic rings. The first-order valence-electron chi connectivity index (χ1n) is 4.32. The molecule has 1 N–H and O–H groups in total. The first-order valence-corrected chi connectivity index (χ1v) is 4.32. The zero-order valence-corrected chi connectivity index (χ0v) is 9.50. The number of unbranched alkanes of at least 4 members (excludes halogenated alkanes) is 1. The Labute approximate surface area is 89.8 Å². The molecule has 0 aromatic carbocycles. The van der Waals surface area contributed by atoms with Crippen molar-refractivity contribution in [3.63, 3.8) is 0 Å². The summed E-state index contributed by atoms with van der Waals surface area (Å²) in [5.74, 6) is 0. The van der Waals surface area contributed by atoms with E-state index in [1.807, 2.05) is 28.0 Å². The maximum absolute atomic E-state index is 3.66. The van der Waals surface area contributed by atoms with Gasteiger partial charge in [-0.2, -0.15) is 0 Å². The quantitative estimate of drug-likeness (QED) is 0.481. The summed E-state index contributed by atoms with van der Waals surface area (Å²) < 4.78 is 3.84. The highest BCUT2D eigenvalue weighted by Crippen LogP contribution is 1.85. The lowest BCUT2D eigenvalue weighted by Crippen LogP contribution is -3.00. The minimum absolute atomic E-state index is 0. The second kappa shape index (κ2) is 6.71. The molecule has 1 heterocycles. The molecule has 74 valence electrons. The molecule has 1 rings (SSSR count). The van der Waals surface area contributed by atoms with Gasteiger partial charge in [-0.15, -0.1) is 4.68 Å². The van der Waals surface area contributed by atoms with Gasteiger partial charge in [0.1, 0.15) is 6.20 Å². The monoisotopic (exact) mass is 245 g/mol. The molecule has 0 bridgehead atoms. The standard InChI is InChI=1S/C9H16N3.BrH/c1-3-5-6-10-12-8-7-11(4-2)9-12;/h4,7-10H,2-3,5-6H2,1H3;1H/q+1;/p-1. The molecule has 0 aliphatic carbocycles. The first kappa shape index (κ1) is 12.2. The molecule has 0 amide bonds. The van der Waals surface area contributed by atoms with E-state index in [2.05, 4.69) is 18.9 Å². The van der Waals surface area contributed by atoms with Crippen LogP contribution >= 0.6 is 0 Å². The van der Waals surface area contributed by atoms with Crippen LogP contribution in [-0.2, 0) is 0 Å². The first-order chi connectivity index (χ1) is 5.86. The largest absolute Gasteiger partial charge is 1.00 e. The minimum atomic E-state index is 0. The molecule has 0 fully saturated rings. The third-order valence-corrected chi connectivity index (χ3v) is 1.69. The van der Waals surface area contributed by atoms with Gasteiger partial charge in [0.05, 0.1) is 12.7 Å². The van der Waals surface area contributed by atoms with E-state index in [0.29, 0.717) is 0 Å². The lowest BCUT2D eigenvalue weighted by Gasteiger charge is -1.97. The SMILES string of the molecule is C=C[n+]1ccn(NCCCC)c1.[Br-]. The Hall–Kier alpha value is -0.770. The van der Waals surface area contributed by atoms with E-state index >= 15 is 0 Å². The van der Waals surface area contributed by atoms with E-state index in [1.165, 1.54) is 12.8 Å². The van der Waals surface area contributed by atoms with Crippen LogP contribution in [0.4, 0.5) is 0 Å². The number of hydrogen-bond donors (Lipinski definition) is 1. The van der Waals surface area contributed by atoms with Crippen molar-refractivity contribution in [3.8, 4) is 0 Å². The van der Waals surface area contributed by atoms with E-state index in [4.69, 9.17) is 0 Å². The number of hydrogen-bond acceptors (Lipinski definition) is 1. The molecule has 13 heavy (non-hydrogen) atoms. The highest BCUT2D eigenvalue weighted by Gasteiger charge is 1.97. The third-order valence-electron chi connectivity index (χ3n) is 1.69.